The summed E-state index contributed by atoms with van der Waals surface area (Å²) in [6.07, 6.45) is 7.39. The number of rotatable bonds is 2. The van der Waals surface area contributed by atoms with Crippen molar-refractivity contribution in [3.8, 4) is 0 Å². The Hall–Kier alpha value is -1.10. The van der Waals surface area contributed by atoms with Gasteiger partial charge >= 0.3 is 0 Å². The molecule has 114 valence electrons. The summed E-state index contributed by atoms with van der Waals surface area (Å²) in [6.45, 7) is 0.921. The number of hydrogen-bond acceptors (Lipinski definition) is 2. The number of nitrogens with zero attached hydrogens (tertiary/aromatic N) is 1. The Balaban J connectivity index is 1.95. The molecule has 1 aliphatic heterocycles. The second-order valence-corrected chi connectivity index (χ2v) is 6.91. The third kappa shape index (κ3) is 2.68. The molecular weight excluding hydrogens is 333 g/mol. The monoisotopic (exact) mass is 353 g/mol. The van der Waals surface area contributed by atoms with Crippen molar-refractivity contribution in [3.05, 3.63) is 28.0 Å². The van der Waals surface area contributed by atoms with Crippen molar-refractivity contribution in [1.29, 1.82) is 5.41 Å². The van der Waals surface area contributed by atoms with E-state index in [9.17, 15) is 4.39 Å². The van der Waals surface area contributed by atoms with Gasteiger partial charge in [-0.05, 0) is 59.7 Å². The SMILES string of the molecule is N=C(N)c1ccc(N2CCCC3CCCCC32)c(F)c1Br. The van der Waals surface area contributed by atoms with Gasteiger partial charge < -0.3 is 10.6 Å². The summed E-state index contributed by atoms with van der Waals surface area (Å²) in [5, 5.41) is 7.50. The van der Waals surface area contributed by atoms with Crippen molar-refractivity contribution >= 4 is 27.5 Å². The Labute approximate surface area is 133 Å². The third-order valence-corrected chi connectivity index (χ3v) is 5.68. The molecule has 1 saturated heterocycles. The van der Waals surface area contributed by atoms with Gasteiger partial charge in [-0.3, -0.25) is 5.41 Å². The van der Waals surface area contributed by atoms with Crippen LogP contribution < -0.4 is 10.6 Å². The van der Waals surface area contributed by atoms with Gasteiger partial charge in [0.15, 0.2) is 5.82 Å². The van der Waals surface area contributed by atoms with Crippen molar-refractivity contribution in [2.75, 3.05) is 11.4 Å². The lowest BCUT2D eigenvalue weighted by molar-refractivity contribution is 0.242. The van der Waals surface area contributed by atoms with E-state index in [-0.39, 0.29) is 11.7 Å². The summed E-state index contributed by atoms with van der Waals surface area (Å²) in [5.74, 6) is 0.314. The van der Waals surface area contributed by atoms with E-state index in [1.807, 2.05) is 0 Å². The number of halogens is 2. The summed E-state index contributed by atoms with van der Waals surface area (Å²) in [5.41, 5.74) is 6.57. The van der Waals surface area contributed by atoms with Gasteiger partial charge in [0.25, 0.3) is 0 Å². The Morgan fingerprint density at radius 3 is 2.71 bits per heavy atom. The highest BCUT2D eigenvalue weighted by Gasteiger charge is 2.34. The van der Waals surface area contributed by atoms with Crippen LogP contribution in [0.2, 0.25) is 0 Å². The molecule has 0 amide bonds. The van der Waals surface area contributed by atoms with E-state index in [2.05, 4.69) is 20.8 Å². The van der Waals surface area contributed by atoms with E-state index in [4.69, 9.17) is 11.1 Å². The highest BCUT2D eigenvalue weighted by atomic mass is 79.9. The number of hydrogen-bond donors (Lipinski definition) is 2. The molecule has 3 N–H and O–H groups in total. The van der Waals surface area contributed by atoms with Crippen molar-refractivity contribution < 1.29 is 4.39 Å². The molecule has 2 fully saturated rings. The van der Waals surface area contributed by atoms with E-state index >= 15 is 0 Å². The first kappa shape index (κ1) is 14.8. The fraction of sp³-hybridized carbons (Fsp3) is 0.562. The Bertz CT molecular complexity index is 559. The maximum Gasteiger partial charge on any atom is 0.161 e. The van der Waals surface area contributed by atoms with E-state index in [1.165, 1.54) is 25.7 Å². The fourth-order valence-electron chi connectivity index (χ4n) is 3.89. The summed E-state index contributed by atoms with van der Waals surface area (Å²) >= 11 is 3.26. The molecule has 3 rings (SSSR count). The average molecular weight is 354 g/mol. The quantitative estimate of drug-likeness (QED) is 0.622. The Morgan fingerprint density at radius 2 is 1.95 bits per heavy atom. The lowest BCUT2D eigenvalue weighted by atomic mass is 9.78. The van der Waals surface area contributed by atoms with Crippen LogP contribution >= 0.6 is 15.9 Å². The summed E-state index contributed by atoms with van der Waals surface area (Å²) < 4.78 is 15.0. The van der Waals surface area contributed by atoms with Gasteiger partial charge in [-0.25, -0.2) is 4.39 Å². The van der Waals surface area contributed by atoms with Gasteiger partial charge in [0.1, 0.15) is 5.84 Å². The van der Waals surface area contributed by atoms with Crippen molar-refractivity contribution in [2.45, 2.75) is 44.6 Å². The van der Waals surface area contributed by atoms with Crippen LogP contribution in [0.3, 0.4) is 0 Å². The van der Waals surface area contributed by atoms with Crippen molar-refractivity contribution in [2.24, 2.45) is 11.7 Å². The first-order valence-corrected chi connectivity index (χ1v) is 8.48. The molecule has 2 atom stereocenters. The molecule has 1 aromatic rings. The van der Waals surface area contributed by atoms with Gasteiger partial charge in [0, 0.05) is 18.2 Å². The van der Waals surface area contributed by atoms with E-state index < -0.39 is 0 Å². The second kappa shape index (κ2) is 5.95. The van der Waals surface area contributed by atoms with E-state index in [1.54, 1.807) is 12.1 Å². The predicted molar refractivity (Wildman–Crippen MR) is 87.4 cm³/mol. The van der Waals surface area contributed by atoms with Crippen LogP contribution in [0.4, 0.5) is 10.1 Å². The predicted octanol–water partition coefficient (Wildman–Crippen LogP) is 4.03. The van der Waals surface area contributed by atoms with Crippen LogP contribution in [0.1, 0.15) is 44.1 Å². The van der Waals surface area contributed by atoms with Gasteiger partial charge in [-0.1, -0.05) is 12.8 Å². The zero-order valence-electron chi connectivity index (χ0n) is 12.0. The molecule has 0 radical (unpaired) electrons. The standard InChI is InChI=1S/C16H21BrFN3/c17-14-11(16(19)20)7-8-13(15(14)18)21-9-3-5-10-4-1-2-6-12(10)21/h7-8,10,12H,1-6,9H2,(H3,19,20). The number of nitrogen functional groups attached to an aromatic ring is 1. The zero-order valence-corrected chi connectivity index (χ0v) is 13.6. The Kier molecular flexibility index (Phi) is 4.20. The molecule has 21 heavy (non-hydrogen) atoms. The highest BCUT2D eigenvalue weighted by molar-refractivity contribution is 9.10. The summed E-state index contributed by atoms with van der Waals surface area (Å²) in [6, 6.07) is 4.00. The second-order valence-electron chi connectivity index (χ2n) is 6.12. The third-order valence-electron chi connectivity index (χ3n) is 4.90. The zero-order chi connectivity index (χ0) is 15.0. The highest BCUT2D eigenvalue weighted by Crippen LogP contribution is 2.40. The number of piperidine rings is 1. The fourth-order valence-corrected chi connectivity index (χ4v) is 4.44. The number of amidine groups is 1. The lowest BCUT2D eigenvalue weighted by Crippen LogP contribution is -2.47. The first-order valence-electron chi connectivity index (χ1n) is 7.68. The number of nitrogens with two attached hydrogens (primary N) is 1. The summed E-state index contributed by atoms with van der Waals surface area (Å²) in [4.78, 5) is 2.25. The molecule has 2 unspecified atom stereocenters. The first-order chi connectivity index (χ1) is 10.1. The maximum atomic E-state index is 14.7. The lowest BCUT2D eigenvalue weighted by Gasteiger charge is -2.45. The van der Waals surface area contributed by atoms with Crippen LogP contribution in [-0.4, -0.2) is 18.4 Å². The average Bonchev–Trinajstić information content (AvgIpc) is 2.49. The molecular formula is C16H21BrFN3. The van der Waals surface area contributed by atoms with Crippen LogP contribution in [0.5, 0.6) is 0 Å². The van der Waals surface area contributed by atoms with E-state index in [0.29, 0.717) is 27.7 Å². The molecule has 5 heteroatoms. The number of benzene rings is 1. The van der Waals surface area contributed by atoms with Gasteiger partial charge in [0.05, 0.1) is 10.2 Å². The molecule has 2 aliphatic rings. The van der Waals surface area contributed by atoms with Crippen LogP contribution in [0.25, 0.3) is 0 Å². The molecule has 1 aliphatic carbocycles. The van der Waals surface area contributed by atoms with Gasteiger partial charge in [-0.15, -0.1) is 0 Å². The number of nitrogens with one attached hydrogen (secondary N) is 1. The topological polar surface area (TPSA) is 53.1 Å². The number of fused-ring (bicyclic) bond motifs is 1. The van der Waals surface area contributed by atoms with Crippen LogP contribution in [-0.2, 0) is 0 Å². The molecule has 0 bridgehead atoms. The molecule has 0 spiro atoms. The van der Waals surface area contributed by atoms with Crippen LogP contribution in [0, 0.1) is 17.1 Å². The minimum atomic E-state index is -0.283. The smallest absolute Gasteiger partial charge is 0.161 e. The Morgan fingerprint density at radius 1 is 1.24 bits per heavy atom. The van der Waals surface area contributed by atoms with Crippen molar-refractivity contribution in [1.82, 2.24) is 0 Å². The molecule has 1 heterocycles. The van der Waals surface area contributed by atoms with Gasteiger partial charge in [0.2, 0.25) is 0 Å². The molecule has 3 nitrogen and oxygen atoms in total. The normalized spacial score (nSPS) is 25.5. The maximum absolute atomic E-state index is 14.7. The molecule has 0 aromatic heterocycles. The summed E-state index contributed by atoms with van der Waals surface area (Å²) in [7, 11) is 0. The van der Waals surface area contributed by atoms with Crippen LogP contribution in [0.15, 0.2) is 16.6 Å². The largest absolute Gasteiger partial charge is 0.384 e. The van der Waals surface area contributed by atoms with E-state index in [0.717, 1.165) is 19.4 Å². The van der Waals surface area contributed by atoms with Gasteiger partial charge in [-0.2, -0.15) is 0 Å². The number of anilines is 1. The molecule has 1 saturated carbocycles. The van der Waals surface area contributed by atoms with Crippen molar-refractivity contribution in [3.63, 3.8) is 0 Å². The minimum absolute atomic E-state index is 0.110. The minimum Gasteiger partial charge on any atom is -0.384 e. The molecule has 1 aromatic carbocycles.